The number of fused-ring (bicyclic) bond motifs is 1. The maximum Gasteiger partial charge on any atom is 0.0841 e. The predicted octanol–water partition coefficient (Wildman–Crippen LogP) is 2.95. The van der Waals surface area contributed by atoms with E-state index in [1.165, 1.54) is 41.6 Å². The third kappa shape index (κ3) is 2.95. The molecule has 1 aromatic heterocycles. The monoisotopic (exact) mass is 275 g/mol. The Labute approximate surface area is 118 Å². The van der Waals surface area contributed by atoms with Crippen LogP contribution in [0.2, 0.25) is 0 Å². The SMILES string of the molecule is Cn1nc(CNCC2CCCCS2)c2ccccc21. The maximum atomic E-state index is 4.62. The Morgan fingerprint density at radius 3 is 3.11 bits per heavy atom. The largest absolute Gasteiger partial charge is 0.310 e. The molecule has 1 atom stereocenters. The van der Waals surface area contributed by atoms with Gasteiger partial charge in [-0.25, -0.2) is 0 Å². The highest BCUT2D eigenvalue weighted by atomic mass is 32.2. The van der Waals surface area contributed by atoms with Gasteiger partial charge in [0.05, 0.1) is 11.2 Å². The minimum absolute atomic E-state index is 0.795. The van der Waals surface area contributed by atoms with Crippen molar-refractivity contribution in [2.75, 3.05) is 12.3 Å². The number of benzene rings is 1. The van der Waals surface area contributed by atoms with Crippen molar-refractivity contribution in [1.82, 2.24) is 15.1 Å². The summed E-state index contributed by atoms with van der Waals surface area (Å²) in [6, 6.07) is 8.45. The quantitative estimate of drug-likeness (QED) is 0.930. The predicted molar refractivity (Wildman–Crippen MR) is 82.5 cm³/mol. The zero-order valence-corrected chi connectivity index (χ0v) is 12.2. The molecule has 0 aliphatic carbocycles. The van der Waals surface area contributed by atoms with Crippen LogP contribution >= 0.6 is 11.8 Å². The fourth-order valence-electron chi connectivity index (χ4n) is 2.74. The highest BCUT2D eigenvalue weighted by Crippen LogP contribution is 2.24. The van der Waals surface area contributed by atoms with Crippen LogP contribution in [0.25, 0.3) is 10.9 Å². The Hall–Kier alpha value is -1.00. The third-order valence-electron chi connectivity index (χ3n) is 3.77. The van der Waals surface area contributed by atoms with E-state index in [1.807, 2.05) is 11.7 Å². The molecule has 1 N–H and O–H groups in total. The van der Waals surface area contributed by atoms with Gasteiger partial charge in [0.15, 0.2) is 0 Å². The molecule has 0 radical (unpaired) electrons. The number of aryl methyl sites for hydroxylation is 1. The molecule has 1 aliphatic rings. The highest BCUT2D eigenvalue weighted by Gasteiger charge is 2.14. The van der Waals surface area contributed by atoms with E-state index in [0.29, 0.717) is 0 Å². The first-order valence-corrected chi connectivity index (χ1v) is 8.12. The van der Waals surface area contributed by atoms with Gasteiger partial charge in [-0.15, -0.1) is 0 Å². The van der Waals surface area contributed by atoms with E-state index < -0.39 is 0 Å². The number of nitrogens with zero attached hydrogens (tertiary/aromatic N) is 2. The summed E-state index contributed by atoms with van der Waals surface area (Å²) in [7, 11) is 2.02. The number of rotatable bonds is 4. The lowest BCUT2D eigenvalue weighted by Gasteiger charge is -2.21. The van der Waals surface area contributed by atoms with Crippen molar-refractivity contribution in [3.63, 3.8) is 0 Å². The van der Waals surface area contributed by atoms with E-state index in [9.17, 15) is 0 Å². The molecule has 4 heteroatoms. The molecule has 1 fully saturated rings. The van der Waals surface area contributed by atoms with Crippen LogP contribution in [0.3, 0.4) is 0 Å². The van der Waals surface area contributed by atoms with Crippen LogP contribution in [0.5, 0.6) is 0 Å². The van der Waals surface area contributed by atoms with Gasteiger partial charge in [-0.3, -0.25) is 4.68 Å². The summed E-state index contributed by atoms with van der Waals surface area (Å²) in [5.74, 6) is 1.33. The molecule has 102 valence electrons. The van der Waals surface area contributed by atoms with Crippen molar-refractivity contribution in [3.8, 4) is 0 Å². The van der Waals surface area contributed by atoms with Crippen molar-refractivity contribution < 1.29 is 0 Å². The number of para-hydroxylation sites is 1. The second kappa shape index (κ2) is 5.97. The van der Waals surface area contributed by atoms with E-state index in [0.717, 1.165) is 18.3 Å². The normalized spacial score (nSPS) is 19.9. The van der Waals surface area contributed by atoms with E-state index in [2.05, 4.69) is 46.4 Å². The number of hydrogen-bond donors (Lipinski definition) is 1. The third-order valence-corrected chi connectivity index (χ3v) is 5.17. The minimum Gasteiger partial charge on any atom is -0.310 e. The maximum absolute atomic E-state index is 4.62. The first-order valence-electron chi connectivity index (χ1n) is 7.07. The van der Waals surface area contributed by atoms with Gasteiger partial charge in [-0.05, 0) is 24.7 Å². The molecule has 0 spiro atoms. The highest BCUT2D eigenvalue weighted by molar-refractivity contribution is 7.99. The molecular weight excluding hydrogens is 254 g/mol. The molecule has 1 saturated heterocycles. The van der Waals surface area contributed by atoms with Crippen LogP contribution in [0.1, 0.15) is 25.0 Å². The molecule has 1 aliphatic heterocycles. The first-order chi connectivity index (χ1) is 9.34. The van der Waals surface area contributed by atoms with Gasteiger partial charge in [-0.2, -0.15) is 16.9 Å². The van der Waals surface area contributed by atoms with Gasteiger partial charge < -0.3 is 5.32 Å². The fraction of sp³-hybridized carbons (Fsp3) is 0.533. The van der Waals surface area contributed by atoms with Crippen LogP contribution < -0.4 is 5.32 Å². The van der Waals surface area contributed by atoms with E-state index in [1.54, 1.807) is 0 Å². The number of thioether (sulfide) groups is 1. The number of hydrogen-bond acceptors (Lipinski definition) is 3. The molecule has 0 saturated carbocycles. The van der Waals surface area contributed by atoms with Gasteiger partial charge >= 0.3 is 0 Å². The Morgan fingerprint density at radius 2 is 2.26 bits per heavy atom. The number of nitrogens with one attached hydrogen (secondary N) is 1. The van der Waals surface area contributed by atoms with Crippen molar-refractivity contribution in [3.05, 3.63) is 30.0 Å². The van der Waals surface area contributed by atoms with Crippen LogP contribution in [0.15, 0.2) is 24.3 Å². The van der Waals surface area contributed by atoms with Crippen molar-refractivity contribution in [2.45, 2.75) is 31.1 Å². The molecule has 0 amide bonds. The summed E-state index contributed by atoms with van der Waals surface area (Å²) in [5, 5.41) is 10.3. The fourth-order valence-corrected chi connectivity index (χ4v) is 4.01. The van der Waals surface area contributed by atoms with Gasteiger partial charge in [0.1, 0.15) is 0 Å². The smallest absolute Gasteiger partial charge is 0.0841 e. The average Bonchev–Trinajstić information content (AvgIpc) is 2.78. The minimum atomic E-state index is 0.795. The zero-order chi connectivity index (χ0) is 13.1. The average molecular weight is 275 g/mol. The Morgan fingerprint density at radius 1 is 1.37 bits per heavy atom. The topological polar surface area (TPSA) is 29.9 Å². The standard InChI is InChI=1S/C15H21N3S/c1-18-15-8-3-2-7-13(15)14(17-18)11-16-10-12-6-4-5-9-19-12/h2-3,7-8,12,16H,4-6,9-11H2,1H3. The molecule has 1 aromatic carbocycles. The molecule has 0 bridgehead atoms. The van der Waals surface area contributed by atoms with Gasteiger partial charge in [0, 0.05) is 30.8 Å². The molecule has 2 aromatic rings. The van der Waals surface area contributed by atoms with Crippen LogP contribution in [0, 0.1) is 0 Å². The molecule has 2 heterocycles. The Bertz CT molecular complexity index is 543. The lowest BCUT2D eigenvalue weighted by Crippen LogP contribution is -2.26. The van der Waals surface area contributed by atoms with Crippen molar-refractivity contribution in [1.29, 1.82) is 0 Å². The Kier molecular flexibility index (Phi) is 4.09. The van der Waals surface area contributed by atoms with Crippen LogP contribution in [0.4, 0.5) is 0 Å². The first kappa shape index (κ1) is 13.0. The van der Waals surface area contributed by atoms with Gasteiger partial charge in [0.25, 0.3) is 0 Å². The molecule has 19 heavy (non-hydrogen) atoms. The van der Waals surface area contributed by atoms with Crippen LogP contribution in [-0.2, 0) is 13.6 Å². The van der Waals surface area contributed by atoms with Crippen molar-refractivity contribution in [2.24, 2.45) is 7.05 Å². The summed E-state index contributed by atoms with van der Waals surface area (Å²) in [6.07, 6.45) is 4.15. The summed E-state index contributed by atoms with van der Waals surface area (Å²) >= 11 is 2.12. The second-order valence-corrected chi connectivity index (χ2v) is 6.62. The molecular formula is C15H21N3S. The van der Waals surface area contributed by atoms with Crippen molar-refractivity contribution >= 4 is 22.7 Å². The van der Waals surface area contributed by atoms with Gasteiger partial charge in [-0.1, -0.05) is 24.6 Å². The lowest BCUT2D eigenvalue weighted by atomic mass is 10.2. The van der Waals surface area contributed by atoms with E-state index in [4.69, 9.17) is 0 Å². The van der Waals surface area contributed by atoms with E-state index in [-0.39, 0.29) is 0 Å². The summed E-state index contributed by atoms with van der Waals surface area (Å²) in [4.78, 5) is 0. The summed E-state index contributed by atoms with van der Waals surface area (Å²) in [5.41, 5.74) is 2.38. The van der Waals surface area contributed by atoms with Gasteiger partial charge in [0.2, 0.25) is 0 Å². The molecule has 3 rings (SSSR count). The second-order valence-electron chi connectivity index (χ2n) is 5.21. The Balaban J connectivity index is 1.62. The number of aromatic nitrogens is 2. The summed E-state index contributed by atoms with van der Waals surface area (Å²) < 4.78 is 1.97. The van der Waals surface area contributed by atoms with Crippen LogP contribution in [-0.4, -0.2) is 27.3 Å². The molecule has 1 unspecified atom stereocenters. The zero-order valence-electron chi connectivity index (χ0n) is 11.4. The molecule has 3 nitrogen and oxygen atoms in total. The summed E-state index contributed by atoms with van der Waals surface area (Å²) in [6.45, 7) is 1.98. The van der Waals surface area contributed by atoms with E-state index >= 15 is 0 Å². The lowest BCUT2D eigenvalue weighted by molar-refractivity contribution is 0.590.